The maximum Gasteiger partial charge on any atom is 0.128 e. The molecule has 0 spiro atoms. The van der Waals surface area contributed by atoms with Crippen LogP contribution < -0.4 is 10.5 Å². The van der Waals surface area contributed by atoms with E-state index in [2.05, 4.69) is 36.7 Å². The summed E-state index contributed by atoms with van der Waals surface area (Å²) < 4.78 is 7.97. The highest BCUT2D eigenvalue weighted by atomic mass is 16.5. The highest BCUT2D eigenvalue weighted by Gasteiger charge is 2.06. The van der Waals surface area contributed by atoms with Crippen LogP contribution in [0.2, 0.25) is 0 Å². The number of nitrogens with zero attached hydrogens (tertiary/aromatic N) is 1. The predicted molar refractivity (Wildman–Crippen MR) is 75.9 cm³/mol. The summed E-state index contributed by atoms with van der Waals surface area (Å²) in [6.45, 7) is 6.67. The fourth-order valence-corrected chi connectivity index (χ4v) is 2.08. The van der Waals surface area contributed by atoms with Crippen molar-refractivity contribution in [2.24, 2.45) is 11.7 Å². The summed E-state index contributed by atoms with van der Waals surface area (Å²) in [4.78, 5) is 0. The smallest absolute Gasteiger partial charge is 0.128 e. The van der Waals surface area contributed by atoms with Gasteiger partial charge in [0.05, 0.1) is 5.52 Å². The maximum absolute atomic E-state index is 5.67. The molecule has 0 unspecified atom stereocenters. The van der Waals surface area contributed by atoms with E-state index in [0.29, 0.717) is 13.2 Å². The quantitative estimate of drug-likeness (QED) is 0.851. The van der Waals surface area contributed by atoms with Crippen LogP contribution in [0.25, 0.3) is 10.9 Å². The molecule has 1 heterocycles. The summed E-state index contributed by atoms with van der Waals surface area (Å²) in [6.07, 6.45) is 3.33. The molecular formula is C15H22N2O. The van der Waals surface area contributed by atoms with E-state index >= 15 is 0 Å². The van der Waals surface area contributed by atoms with Crippen LogP contribution in [0.15, 0.2) is 30.5 Å². The van der Waals surface area contributed by atoms with Gasteiger partial charge in [-0.15, -0.1) is 0 Å². The summed E-state index contributed by atoms with van der Waals surface area (Å²) in [5.74, 6) is 1.65. The molecule has 1 aromatic carbocycles. The van der Waals surface area contributed by atoms with Gasteiger partial charge >= 0.3 is 0 Å². The van der Waals surface area contributed by atoms with Gasteiger partial charge in [0.1, 0.15) is 12.4 Å². The van der Waals surface area contributed by atoms with Crippen LogP contribution in [-0.2, 0) is 6.54 Å². The number of rotatable bonds is 6. The van der Waals surface area contributed by atoms with Gasteiger partial charge in [0, 0.05) is 24.7 Å². The SMILES string of the molecule is CC(C)CCn1ccc2c(OCCN)cccc21. The minimum Gasteiger partial charge on any atom is -0.492 e. The fraction of sp³-hybridized carbons (Fsp3) is 0.467. The third-order valence-corrected chi connectivity index (χ3v) is 3.10. The number of ether oxygens (including phenoxy) is 1. The third kappa shape index (κ3) is 2.85. The molecule has 0 atom stereocenters. The zero-order valence-corrected chi connectivity index (χ0v) is 11.2. The first kappa shape index (κ1) is 13.0. The third-order valence-electron chi connectivity index (χ3n) is 3.10. The van der Waals surface area contributed by atoms with E-state index in [9.17, 15) is 0 Å². The molecule has 0 saturated carbocycles. The second-order valence-electron chi connectivity index (χ2n) is 5.02. The number of aromatic nitrogens is 1. The van der Waals surface area contributed by atoms with Crippen LogP contribution in [0.1, 0.15) is 20.3 Å². The molecule has 0 aliphatic heterocycles. The van der Waals surface area contributed by atoms with Crippen molar-refractivity contribution in [1.29, 1.82) is 0 Å². The lowest BCUT2D eigenvalue weighted by Gasteiger charge is -2.09. The van der Waals surface area contributed by atoms with E-state index < -0.39 is 0 Å². The van der Waals surface area contributed by atoms with Crippen molar-refractivity contribution in [1.82, 2.24) is 4.57 Å². The van der Waals surface area contributed by atoms with Crippen molar-refractivity contribution >= 4 is 10.9 Å². The molecule has 0 saturated heterocycles. The first-order chi connectivity index (χ1) is 8.72. The van der Waals surface area contributed by atoms with Crippen LogP contribution in [0.4, 0.5) is 0 Å². The molecule has 18 heavy (non-hydrogen) atoms. The zero-order chi connectivity index (χ0) is 13.0. The Kier molecular flexibility index (Phi) is 4.26. The van der Waals surface area contributed by atoms with Gasteiger partial charge in [0.25, 0.3) is 0 Å². The van der Waals surface area contributed by atoms with Crippen LogP contribution in [0.3, 0.4) is 0 Å². The van der Waals surface area contributed by atoms with Gasteiger partial charge in [-0.1, -0.05) is 19.9 Å². The van der Waals surface area contributed by atoms with E-state index in [1.807, 2.05) is 12.1 Å². The Morgan fingerprint density at radius 1 is 1.28 bits per heavy atom. The van der Waals surface area contributed by atoms with E-state index in [0.717, 1.165) is 18.2 Å². The predicted octanol–water partition coefficient (Wildman–Crippen LogP) is 3.02. The van der Waals surface area contributed by atoms with Crippen molar-refractivity contribution in [3.8, 4) is 5.75 Å². The highest BCUT2D eigenvalue weighted by Crippen LogP contribution is 2.27. The largest absolute Gasteiger partial charge is 0.492 e. The molecule has 1 aromatic heterocycles. The average molecular weight is 246 g/mol. The number of hydrogen-bond donors (Lipinski definition) is 1. The number of fused-ring (bicyclic) bond motifs is 1. The molecule has 3 nitrogen and oxygen atoms in total. The van der Waals surface area contributed by atoms with Crippen molar-refractivity contribution < 1.29 is 4.74 Å². The van der Waals surface area contributed by atoms with Crippen molar-refractivity contribution in [3.63, 3.8) is 0 Å². The number of nitrogens with two attached hydrogens (primary N) is 1. The second-order valence-corrected chi connectivity index (χ2v) is 5.02. The minimum absolute atomic E-state index is 0.546. The van der Waals surface area contributed by atoms with Gasteiger partial charge < -0.3 is 15.0 Å². The van der Waals surface area contributed by atoms with E-state index in [-0.39, 0.29) is 0 Å². The molecule has 0 aliphatic carbocycles. The molecule has 98 valence electrons. The van der Waals surface area contributed by atoms with E-state index in [1.54, 1.807) is 0 Å². The zero-order valence-electron chi connectivity index (χ0n) is 11.2. The topological polar surface area (TPSA) is 40.2 Å². The first-order valence-corrected chi connectivity index (χ1v) is 6.63. The summed E-state index contributed by atoms with van der Waals surface area (Å²) in [7, 11) is 0. The van der Waals surface area contributed by atoms with Crippen molar-refractivity contribution in [2.75, 3.05) is 13.2 Å². The van der Waals surface area contributed by atoms with E-state index in [4.69, 9.17) is 10.5 Å². The monoisotopic (exact) mass is 246 g/mol. The molecule has 2 rings (SSSR count). The highest BCUT2D eigenvalue weighted by molar-refractivity contribution is 5.86. The lowest BCUT2D eigenvalue weighted by atomic mass is 10.1. The Morgan fingerprint density at radius 3 is 2.83 bits per heavy atom. The average Bonchev–Trinajstić information content (AvgIpc) is 2.77. The summed E-state index contributed by atoms with van der Waals surface area (Å²) >= 11 is 0. The van der Waals surface area contributed by atoms with Crippen molar-refractivity contribution in [3.05, 3.63) is 30.5 Å². The molecule has 0 fully saturated rings. The molecule has 0 amide bonds. The second kappa shape index (κ2) is 5.91. The molecule has 0 bridgehead atoms. The fourth-order valence-electron chi connectivity index (χ4n) is 2.08. The Balaban J connectivity index is 2.24. The lowest BCUT2D eigenvalue weighted by Crippen LogP contribution is -2.10. The Hall–Kier alpha value is -1.48. The number of aryl methyl sites for hydroxylation is 1. The first-order valence-electron chi connectivity index (χ1n) is 6.63. The Labute approximate surface area is 109 Å². The summed E-state index contributed by atoms with van der Waals surface area (Å²) in [6, 6.07) is 8.32. The number of hydrogen-bond acceptors (Lipinski definition) is 2. The van der Waals surface area contributed by atoms with Gasteiger partial charge in [-0.2, -0.15) is 0 Å². The standard InChI is InChI=1S/C15H22N2O/c1-12(2)6-9-17-10-7-13-14(17)4-3-5-15(13)18-11-8-16/h3-5,7,10,12H,6,8-9,11,16H2,1-2H3. The minimum atomic E-state index is 0.546. The van der Waals surface area contributed by atoms with Gasteiger partial charge in [-0.25, -0.2) is 0 Å². The van der Waals surface area contributed by atoms with Crippen LogP contribution >= 0.6 is 0 Å². The molecule has 3 heteroatoms. The molecule has 0 aliphatic rings. The van der Waals surface area contributed by atoms with Crippen molar-refractivity contribution in [2.45, 2.75) is 26.8 Å². The Morgan fingerprint density at radius 2 is 2.11 bits per heavy atom. The van der Waals surface area contributed by atoms with Gasteiger partial charge in [-0.05, 0) is 30.5 Å². The Bertz CT molecular complexity index is 502. The molecule has 2 N–H and O–H groups in total. The van der Waals surface area contributed by atoms with Gasteiger partial charge in [-0.3, -0.25) is 0 Å². The van der Waals surface area contributed by atoms with Gasteiger partial charge in [0.15, 0.2) is 0 Å². The molecule has 0 radical (unpaired) electrons. The molecule has 2 aromatic rings. The van der Waals surface area contributed by atoms with Crippen LogP contribution in [0, 0.1) is 5.92 Å². The normalized spacial score (nSPS) is 11.3. The maximum atomic E-state index is 5.67. The summed E-state index contributed by atoms with van der Waals surface area (Å²) in [5, 5.41) is 1.18. The van der Waals surface area contributed by atoms with E-state index in [1.165, 1.54) is 17.3 Å². The number of benzene rings is 1. The summed E-state index contributed by atoms with van der Waals surface area (Å²) in [5.41, 5.74) is 6.72. The van der Waals surface area contributed by atoms with Crippen LogP contribution in [0.5, 0.6) is 5.75 Å². The lowest BCUT2D eigenvalue weighted by molar-refractivity contribution is 0.332. The van der Waals surface area contributed by atoms with Crippen LogP contribution in [-0.4, -0.2) is 17.7 Å². The van der Waals surface area contributed by atoms with Gasteiger partial charge in [0.2, 0.25) is 0 Å². The molecular weight excluding hydrogens is 224 g/mol.